The van der Waals surface area contributed by atoms with Gasteiger partial charge in [-0.3, -0.25) is 14.4 Å². The summed E-state index contributed by atoms with van der Waals surface area (Å²) >= 11 is 0. The first kappa shape index (κ1) is 31.0. The number of ketones is 2. The fourth-order valence-electron chi connectivity index (χ4n) is 4.57. The molecule has 2 rings (SSSR count). The number of hydrogen-bond acceptors (Lipinski definition) is 3. The van der Waals surface area contributed by atoms with E-state index in [9.17, 15) is 14.4 Å². The van der Waals surface area contributed by atoms with Crippen molar-refractivity contribution in [1.82, 2.24) is 0 Å². The maximum atomic E-state index is 13.2. The number of rotatable bonds is 14. The second kappa shape index (κ2) is 15.2. The van der Waals surface area contributed by atoms with Gasteiger partial charge in [0.25, 0.3) is 0 Å². The minimum Gasteiger partial charge on any atom is -0.481 e. The standard InChI is InChI=1S/C34H44O4/c1-23(2)10-7-11-24(3)12-8-13-25(4)14-9-15-26(5)16-19-29-27(6)33(37)31-22-28(18-21-32(35)36)17-20-30(31)34(29)38/h10,12,14,16-17,20,22H,7-9,11,13,15,18-19,21H2,1-6H3,(H,35,36)/b24-12+,25-14+,26-16+. The van der Waals surface area contributed by atoms with Crippen molar-refractivity contribution in [3.05, 3.63) is 92.6 Å². The first-order valence-corrected chi connectivity index (χ1v) is 13.7. The molecule has 0 saturated carbocycles. The highest BCUT2D eigenvalue weighted by molar-refractivity contribution is 6.26. The van der Waals surface area contributed by atoms with E-state index in [4.69, 9.17) is 5.11 Å². The zero-order valence-corrected chi connectivity index (χ0v) is 24.1. The predicted molar refractivity (Wildman–Crippen MR) is 157 cm³/mol. The molecule has 0 heterocycles. The van der Waals surface area contributed by atoms with Gasteiger partial charge in [-0.05, 0) is 105 Å². The van der Waals surface area contributed by atoms with E-state index < -0.39 is 5.97 Å². The molecule has 1 N–H and O–H groups in total. The Kier molecular flexibility index (Phi) is 12.4. The van der Waals surface area contributed by atoms with Crippen LogP contribution in [-0.2, 0) is 11.2 Å². The fraction of sp³-hybridized carbons (Fsp3) is 0.441. The monoisotopic (exact) mass is 516 g/mol. The minimum atomic E-state index is -0.884. The molecule has 0 spiro atoms. The molecule has 0 unspecified atom stereocenters. The van der Waals surface area contributed by atoms with Crippen LogP contribution in [0.15, 0.2) is 75.9 Å². The normalized spacial score (nSPS) is 14.6. The Morgan fingerprint density at radius 2 is 1.29 bits per heavy atom. The lowest BCUT2D eigenvalue weighted by Gasteiger charge is -2.19. The lowest BCUT2D eigenvalue weighted by atomic mass is 9.82. The molecular weight excluding hydrogens is 472 g/mol. The molecule has 0 aromatic heterocycles. The Morgan fingerprint density at radius 3 is 1.84 bits per heavy atom. The number of aryl methyl sites for hydroxylation is 1. The molecule has 1 aromatic rings. The lowest BCUT2D eigenvalue weighted by molar-refractivity contribution is -0.136. The third-order valence-electron chi connectivity index (χ3n) is 7.08. The highest BCUT2D eigenvalue weighted by atomic mass is 16.4. The molecule has 0 fully saturated rings. The van der Waals surface area contributed by atoms with Crippen LogP contribution in [0.25, 0.3) is 0 Å². The van der Waals surface area contributed by atoms with Crippen LogP contribution in [0.2, 0.25) is 0 Å². The molecule has 1 aromatic carbocycles. The molecule has 0 saturated heterocycles. The Bertz CT molecular complexity index is 1200. The zero-order chi connectivity index (χ0) is 28.2. The first-order valence-electron chi connectivity index (χ1n) is 13.7. The van der Waals surface area contributed by atoms with Gasteiger partial charge in [0.1, 0.15) is 0 Å². The molecule has 1 aliphatic rings. The summed E-state index contributed by atoms with van der Waals surface area (Å²) in [6.07, 6.45) is 16.1. The SMILES string of the molecule is CC(C)=CCC/C(C)=C/CC/C(C)=C/CC/C(C)=C/CC1=C(C)C(=O)c2cc(CCC(=O)O)ccc2C1=O. The number of aliphatic carboxylic acids is 1. The number of carboxylic acid groups (broad SMARTS) is 1. The smallest absolute Gasteiger partial charge is 0.303 e. The van der Waals surface area contributed by atoms with E-state index in [-0.39, 0.29) is 18.0 Å². The minimum absolute atomic E-state index is 0.00656. The maximum Gasteiger partial charge on any atom is 0.303 e. The first-order chi connectivity index (χ1) is 18.0. The van der Waals surface area contributed by atoms with Crippen LogP contribution in [0, 0.1) is 0 Å². The van der Waals surface area contributed by atoms with Crippen molar-refractivity contribution >= 4 is 17.5 Å². The molecule has 0 amide bonds. The number of carbonyl (C=O) groups excluding carboxylic acids is 2. The highest BCUT2D eigenvalue weighted by Crippen LogP contribution is 2.30. The van der Waals surface area contributed by atoms with E-state index in [1.54, 1.807) is 25.1 Å². The van der Waals surface area contributed by atoms with Gasteiger partial charge in [0.05, 0.1) is 0 Å². The molecule has 0 radical (unpaired) electrons. The Hall–Kier alpha value is -3.27. The van der Waals surface area contributed by atoms with Gasteiger partial charge >= 0.3 is 5.97 Å². The van der Waals surface area contributed by atoms with Crippen LogP contribution in [0.5, 0.6) is 0 Å². The van der Waals surface area contributed by atoms with Crippen molar-refractivity contribution in [3.63, 3.8) is 0 Å². The number of carbonyl (C=O) groups is 3. The summed E-state index contributed by atoms with van der Waals surface area (Å²) in [6, 6.07) is 5.10. The van der Waals surface area contributed by atoms with Gasteiger partial charge in [-0.2, -0.15) is 0 Å². The van der Waals surface area contributed by atoms with E-state index >= 15 is 0 Å². The van der Waals surface area contributed by atoms with Crippen LogP contribution in [-0.4, -0.2) is 22.6 Å². The average Bonchev–Trinajstić information content (AvgIpc) is 2.85. The predicted octanol–water partition coefficient (Wildman–Crippen LogP) is 8.94. The third kappa shape index (κ3) is 9.89. The summed E-state index contributed by atoms with van der Waals surface area (Å²) in [6.45, 7) is 12.5. The number of allylic oxidation sites excluding steroid dienone is 10. The lowest BCUT2D eigenvalue weighted by Crippen LogP contribution is -2.21. The van der Waals surface area contributed by atoms with E-state index in [1.165, 1.54) is 22.3 Å². The summed E-state index contributed by atoms with van der Waals surface area (Å²) in [5, 5.41) is 8.92. The van der Waals surface area contributed by atoms with Crippen LogP contribution in [0.4, 0.5) is 0 Å². The number of Topliss-reactive ketones (excluding diaryl/α,β-unsaturated/α-hetero) is 2. The second-order valence-corrected chi connectivity index (χ2v) is 10.8. The topological polar surface area (TPSA) is 71.4 Å². The summed E-state index contributed by atoms with van der Waals surface area (Å²) < 4.78 is 0. The van der Waals surface area contributed by atoms with E-state index in [1.807, 2.05) is 0 Å². The van der Waals surface area contributed by atoms with Crippen molar-refractivity contribution in [3.8, 4) is 0 Å². The molecule has 204 valence electrons. The van der Waals surface area contributed by atoms with Crippen LogP contribution < -0.4 is 0 Å². The van der Waals surface area contributed by atoms with Gasteiger partial charge in [0.2, 0.25) is 0 Å². The summed E-state index contributed by atoms with van der Waals surface area (Å²) in [5.41, 5.74) is 8.04. The van der Waals surface area contributed by atoms with Gasteiger partial charge in [0.15, 0.2) is 11.6 Å². The van der Waals surface area contributed by atoms with Crippen LogP contribution in [0.1, 0.15) is 119 Å². The molecule has 1 aliphatic carbocycles. The fourth-order valence-corrected chi connectivity index (χ4v) is 4.57. The zero-order valence-electron chi connectivity index (χ0n) is 24.1. The molecule has 0 atom stereocenters. The Labute approximate surface area is 228 Å². The Balaban J connectivity index is 1.90. The molecule has 38 heavy (non-hydrogen) atoms. The van der Waals surface area contributed by atoms with Gasteiger partial charge in [-0.15, -0.1) is 0 Å². The largest absolute Gasteiger partial charge is 0.481 e. The van der Waals surface area contributed by atoms with Gasteiger partial charge in [-0.25, -0.2) is 0 Å². The summed E-state index contributed by atoms with van der Waals surface area (Å²) in [5.74, 6) is -1.13. The highest BCUT2D eigenvalue weighted by Gasteiger charge is 2.29. The van der Waals surface area contributed by atoms with E-state index in [0.29, 0.717) is 35.1 Å². The van der Waals surface area contributed by atoms with Crippen molar-refractivity contribution in [2.24, 2.45) is 0 Å². The van der Waals surface area contributed by atoms with Crippen LogP contribution in [0.3, 0.4) is 0 Å². The van der Waals surface area contributed by atoms with Gasteiger partial charge in [0, 0.05) is 28.7 Å². The molecular formula is C34H44O4. The van der Waals surface area contributed by atoms with Crippen molar-refractivity contribution < 1.29 is 19.5 Å². The molecule has 4 nitrogen and oxygen atoms in total. The van der Waals surface area contributed by atoms with Crippen molar-refractivity contribution in [1.29, 1.82) is 0 Å². The molecule has 0 aliphatic heterocycles. The number of hydrogen-bond donors (Lipinski definition) is 1. The second-order valence-electron chi connectivity index (χ2n) is 10.8. The Morgan fingerprint density at radius 1 is 0.737 bits per heavy atom. The van der Waals surface area contributed by atoms with Gasteiger partial charge < -0.3 is 5.11 Å². The maximum absolute atomic E-state index is 13.2. The van der Waals surface area contributed by atoms with Crippen LogP contribution >= 0.6 is 0 Å². The number of fused-ring (bicyclic) bond motifs is 1. The summed E-state index contributed by atoms with van der Waals surface area (Å²) in [4.78, 5) is 37.0. The van der Waals surface area contributed by atoms with Crippen molar-refractivity contribution in [2.75, 3.05) is 0 Å². The number of benzene rings is 1. The number of carboxylic acids is 1. The van der Waals surface area contributed by atoms with Crippen molar-refractivity contribution in [2.45, 2.75) is 99.3 Å². The average molecular weight is 517 g/mol. The van der Waals surface area contributed by atoms with Gasteiger partial charge in [-0.1, -0.05) is 58.7 Å². The summed E-state index contributed by atoms with van der Waals surface area (Å²) in [7, 11) is 0. The quantitative estimate of drug-likeness (QED) is 0.251. The van der Waals surface area contributed by atoms with E-state index in [0.717, 1.165) is 44.1 Å². The third-order valence-corrected chi connectivity index (χ3v) is 7.08. The molecule has 0 bridgehead atoms. The van der Waals surface area contributed by atoms with E-state index in [2.05, 4.69) is 58.9 Å². The molecule has 4 heteroatoms.